The molecule has 0 unspecified atom stereocenters. The van der Waals surface area contributed by atoms with Crippen LogP contribution >= 0.6 is 0 Å². The number of methoxy groups -OCH3 is 2. The van der Waals surface area contributed by atoms with Gasteiger partial charge < -0.3 is 9.47 Å². The van der Waals surface area contributed by atoms with Gasteiger partial charge in [0.25, 0.3) is 0 Å². The van der Waals surface area contributed by atoms with Crippen molar-refractivity contribution in [2.24, 2.45) is 16.9 Å². The van der Waals surface area contributed by atoms with E-state index in [-0.39, 0.29) is 17.7 Å². The number of rotatable bonds is 5. The third-order valence-corrected chi connectivity index (χ3v) is 5.68. The summed E-state index contributed by atoms with van der Waals surface area (Å²) in [6, 6.07) is 9.71. The maximum absolute atomic E-state index is 13.1. The molecule has 2 aromatic rings. The first kappa shape index (κ1) is 18.5. The number of ether oxygens (including phenoxy) is 2. The lowest BCUT2D eigenvalue weighted by atomic mass is 9.73. The van der Waals surface area contributed by atoms with Crippen LogP contribution in [-0.2, 0) is 11.3 Å². The van der Waals surface area contributed by atoms with Crippen molar-refractivity contribution in [3.8, 4) is 11.5 Å². The van der Waals surface area contributed by atoms with Crippen LogP contribution < -0.4 is 9.47 Å². The Balaban J connectivity index is 1.73. The lowest BCUT2D eigenvalue weighted by Gasteiger charge is -2.38. The second kappa shape index (κ2) is 8.00. The van der Waals surface area contributed by atoms with Gasteiger partial charge >= 0.3 is 0 Å². The number of pyridine rings is 1. The summed E-state index contributed by atoms with van der Waals surface area (Å²) in [6.07, 6.45) is 7.62. The normalized spacial score (nSPS) is 21.7. The number of carbonyl (C=O) groups excluding carboxylic acids is 1. The lowest BCUT2D eigenvalue weighted by molar-refractivity contribution is -0.139. The first-order valence-electron chi connectivity index (χ1n) is 9.72. The molecule has 0 bridgehead atoms. The maximum Gasteiger partial charge on any atom is 0.246 e. The number of nitrogens with zero attached hydrogens (tertiary/aromatic N) is 3. The summed E-state index contributed by atoms with van der Waals surface area (Å²) in [7, 11) is 3.26. The molecule has 0 N–H and O–H groups in total. The summed E-state index contributed by atoms with van der Waals surface area (Å²) < 4.78 is 10.8. The standard InChI is InChI=1S/C22H25N3O3/c1-27-19-8-7-16(13-20(19)28-2)21-17-5-3-4-6-18(17)22(26)25(24-21)14-15-9-11-23-12-10-15/h7-13,17-18H,3-6,14H2,1-2H3/t17-,18+/m1/s1. The highest BCUT2D eigenvalue weighted by molar-refractivity contribution is 6.07. The summed E-state index contributed by atoms with van der Waals surface area (Å²) >= 11 is 0. The number of benzene rings is 1. The number of fused-ring (bicyclic) bond motifs is 1. The summed E-state index contributed by atoms with van der Waals surface area (Å²) in [5.74, 6) is 1.65. The Morgan fingerprint density at radius 3 is 2.43 bits per heavy atom. The van der Waals surface area contributed by atoms with Crippen LogP contribution in [0.3, 0.4) is 0 Å². The van der Waals surface area contributed by atoms with E-state index in [2.05, 4.69) is 4.98 Å². The average Bonchev–Trinajstić information content (AvgIpc) is 2.76. The first-order valence-corrected chi connectivity index (χ1v) is 9.72. The van der Waals surface area contributed by atoms with Crippen molar-refractivity contribution in [3.05, 3.63) is 53.9 Å². The number of carbonyl (C=O) groups is 1. The highest BCUT2D eigenvalue weighted by Crippen LogP contribution is 2.39. The second-order valence-corrected chi connectivity index (χ2v) is 7.30. The SMILES string of the molecule is COc1ccc(C2=NN(Cc3ccncc3)C(=O)[C@H]3CCCC[C@@H]23)cc1OC. The molecule has 0 spiro atoms. The Hall–Kier alpha value is -2.89. The topological polar surface area (TPSA) is 64.0 Å². The third kappa shape index (κ3) is 3.46. The number of amides is 1. The Labute approximate surface area is 165 Å². The molecule has 2 atom stereocenters. The molecule has 28 heavy (non-hydrogen) atoms. The molecule has 0 radical (unpaired) electrons. The van der Waals surface area contributed by atoms with Gasteiger partial charge in [0.15, 0.2) is 11.5 Å². The monoisotopic (exact) mass is 379 g/mol. The van der Waals surface area contributed by atoms with E-state index >= 15 is 0 Å². The summed E-state index contributed by atoms with van der Waals surface area (Å²) in [4.78, 5) is 17.2. The Morgan fingerprint density at radius 2 is 1.71 bits per heavy atom. The Morgan fingerprint density at radius 1 is 1.00 bits per heavy atom. The van der Waals surface area contributed by atoms with Gasteiger partial charge in [-0.05, 0) is 48.7 Å². The maximum atomic E-state index is 13.1. The largest absolute Gasteiger partial charge is 0.493 e. The van der Waals surface area contributed by atoms with Gasteiger partial charge in [0, 0.05) is 29.8 Å². The molecule has 0 saturated heterocycles. The lowest BCUT2D eigenvalue weighted by Crippen LogP contribution is -2.45. The van der Waals surface area contributed by atoms with E-state index in [0.717, 1.165) is 42.5 Å². The van der Waals surface area contributed by atoms with Gasteiger partial charge in [-0.25, -0.2) is 5.01 Å². The van der Waals surface area contributed by atoms with E-state index in [9.17, 15) is 4.79 Å². The van der Waals surface area contributed by atoms with Crippen molar-refractivity contribution in [3.63, 3.8) is 0 Å². The molecule has 146 valence electrons. The van der Waals surface area contributed by atoms with Crippen molar-refractivity contribution in [2.75, 3.05) is 14.2 Å². The molecule has 1 fully saturated rings. The fraction of sp³-hybridized carbons (Fsp3) is 0.409. The van der Waals surface area contributed by atoms with Crippen LogP contribution in [0.2, 0.25) is 0 Å². The minimum absolute atomic E-state index is 0.00353. The molecular weight excluding hydrogens is 354 g/mol. The fourth-order valence-corrected chi connectivity index (χ4v) is 4.24. The van der Waals surface area contributed by atoms with E-state index in [0.29, 0.717) is 18.0 Å². The van der Waals surface area contributed by atoms with Crippen LogP contribution in [-0.4, -0.2) is 35.8 Å². The highest BCUT2D eigenvalue weighted by Gasteiger charge is 2.41. The molecule has 6 nitrogen and oxygen atoms in total. The second-order valence-electron chi connectivity index (χ2n) is 7.30. The van der Waals surface area contributed by atoms with E-state index in [1.165, 1.54) is 0 Å². The fourth-order valence-electron chi connectivity index (χ4n) is 4.24. The van der Waals surface area contributed by atoms with Gasteiger partial charge in [-0.2, -0.15) is 5.10 Å². The van der Waals surface area contributed by atoms with Crippen LogP contribution in [0.15, 0.2) is 47.8 Å². The number of hydrazone groups is 1. The minimum atomic E-state index is -0.00353. The molecule has 1 amide bonds. The minimum Gasteiger partial charge on any atom is -0.493 e. The van der Waals surface area contributed by atoms with E-state index < -0.39 is 0 Å². The third-order valence-electron chi connectivity index (χ3n) is 5.68. The molecule has 6 heteroatoms. The van der Waals surface area contributed by atoms with Crippen LogP contribution in [0.25, 0.3) is 0 Å². The van der Waals surface area contributed by atoms with Gasteiger partial charge in [-0.3, -0.25) is 9.78 Å². The molecule has 1 aromatic carbocycles. The van der Waals surface area contributed by atoms with Gasteiger partial charge in [-0.1, -0.05) is 12.8 Å². The van der Waals surface area contributed by atoms with Crippen molar-refractivity contribution in [2.45, 2.75) is 32.2 Å². The Kier molecular flexibility index (Phi) is 5.28. The summed E-state index contributed by atoms with van der Waals surface area (Å²) in [5.41, 5.74) is 2.98. The molecule has 2 heterocycles. The van der Waals surface area contributed by atoms with Crippen molar-refractivity contribution >= 4 is 11.6 Å². The van der Waals surface area contributed by atoms with Crippen LogP contribution in [0.4, 0.5) is 0 Å². The molecule has 1 saturated carbocycles. The molecule has 1 aromatic heterocycles. The molecular formula is C22H25N3O3. The van der Waals surface area contributed by atoms with Crippen LogP contribution in [0.1, 0.15) is 36.8 Å². The van der Waals surface area contributed by atoms with Crippen LogP contribution in [0.5, 0.6) is 11.5 Å². The van der Waals surface area contributed by atoms with E-state index in [1.807, 2.05) is 30.3 Å². The van der Waals surface area contributed by atoms with Crippen molar-refractivity contribution in [1.82, 2.24) is 9.99 Å². The Bertz CT molecular complexity index is 882. The quantitative estimate of drug-likeness (QED) is 0.795. The van der Waals surface area contributed by atoms with E-state index in [1.54, 1.807) is 31.6 Å². The molecule has 1 aliphatic heterocycles. The van der Waals surface area contributed by atoms with E-state index in [4.69, 9.17) is 14.6 Å². The smallest absolute Gasteiger partial charge is 0.246 e. The molecule has 1 aliphatic carbocycles. The molecule has 2 aliphatic rings. The predicted molar refractivity (Wildman–Crippen MR) is 106 cm³/mol. The van der Waals surface area contributed by atoms with Crippen LogP contribution in [0, 0.1) is 11.8 Å². The first-order chi connectivity index (χ1) is 13.7. The van der Waals surface area contributed by atoms with Crippen molar-refractivity contribution < 1.29 is 14.3 Å². The van der Waals surface area contributed by atoms with Gasteiger partial charge in [0.05, 0.1) is 26.5 Å². The predicted octanol–water partition coefficient (Wildman–Crippen LogP) is 3.65. The zero-order chi connectivity index (χ0) is 19.5. The van der Waals surface area contributed by atoms with Gasteiger partial charge in [0.2, 0.25) is 5.91 Å². The number of hydrogen-bond donors (Lipinski definition) is 0. The zero-order valence-electron chi connectivity index (χ0n) is 16.3. The van der Waals surface area contributed by atoms with Crippen molar-refractivity contribution in [1.29, 1.82) is 0 Å². The van der Waals surface area contributed by atoms with Gasteiger partial charge in [0.1, 0.15) is 0 Å². The number of hydrogen-bond acceptors (Lipinski definition) is 5. The van der Waals surface area contributed by atoms with Gasteiger partial charge in [-0.15, -0.1) is 0 Å². The average molecular weight is 379 g/mol. The molecule has 4 rings (SSSR count). The summed E-state index contributed by atoms with van der Waals surface area (Å²) in [5, 5.41) is 6.46. The number of aromatic nitrogens is 1. The summed E-state index contributed by atoms with van der Waals surface area (Å²) in [6.45, 7) is 0.460. The zero-order valence-corrected chi connectivity index (χ0v) is 16.3. The highest BCUT2D eigenvalue weighted by atomic mass is 16.5.